The summed E-state index contributed by atoms with van der Waals surface area (Å²) >= 11 is 1.48. The highest BCUT2D eigenvalue weighted by Gasteiger charge is 2.15. The van der Waals surface area contributed by atoms with E-state index in [0.717, 1.165) is 27.0 Å². The van der Waals surface area contributed by atoms with Crippen molar-refractivity contribution in [1.29, 1.82) is 0 Å². The Balaban J connectivity index is 2.50. The zero-order valence-corrected chi connectivity index (χ0v) is 12.3. The van der Waals surface area contributed by atoms with Crippen molar-refractivity contribution >= 4 is 28.0 Å². The summed E-state index contributed by atoms with van der Waals surface area (Å²) in [5, 5.41) is 3.79. The Hall–Kier alpha value is -2.21. The second kappa shape index (κ2) is 6.29. The maximum absolute atomic E-state index is 11.4. The molecule has 0 fully saturated rings. The van der Waals surface area contributed by atoms with Crippen molar-refractivity contribution in [2.24, 2.45) is 0 Å². The number of rotatable bonds is 4. The van der Waals surface area contributed by atoms with Gasteiger partial charge in [-0.2, -0.15) is 0 Å². The van der Waals surface area contributed by atoms with Crippen LogP contribution < -0.4 is 5.32 Å². The molecule has 0 amide bonds. The number of hydrogen-bond donors (Lipinski definition) is 1. The highest BCUT2D eigenvalue weighted by molar-refractivity contribution is 7.17. The summed E-state index contributed by atoms with van der Waals surface area (Å²) in [6.45, 7) is 1.86. The van der Waals surface area contributed by atoms with Gasteiger partial charge >= 0.3 is 5.97 Å². The monoisotopic (exact) mass is 289 g/mol. The second-order valence-corrected chi connectivity index (χ2v) is 5.01. The summed E-state index contributed by atoms with van der Waals surface area (Å²) in [5.41, 5.74) is 2.34. The largest absolute Gasteiger partial charge is 0.466 e. The number of allylic oxidation sites excluding steroid dienone is 1. The van der Waals surface area contributed by atoms with Gasteiger partial charge in [0.2, 0.25) is 0 Å². The average Bonchev–Trinajstić information content (AvgIpc) is 2.92. The quantitative estimate of drug-likeness (QED) is 0.692. The summed E-state index contributed by atoms with van der Waals surface area (Å²) in [5.74, 6) is -0.381. The number of nitrogens with zero attached hydrogens (tertiary/aromatic N) is 2. The molecule has 0 saturated carbocycles. The first-order chi connectivity index (χ1) is 9.65. The molecule has 2 aromatic rings. The van der Waals surface area contributed by atoms with Gasteiger partial charge in [0.05, 0.1) is 17.7 Å². The van der Waals surface area contributed by atoms with Crippen molar-refractivity contribution < 1.29 is 9.53 Å². The Morgan fingerprint density at radius 3 is 2.85 bits per heavy atom. The van der Waals surface area contributed by atoms with Crippen LogP contribution in [0.1, 0.15) is 11.8 Å². The molecule has 2 heterocycles. The van der Waals surface area contributed by atoms with Crippen LogP contribution in [-0.4, -0.2) is 30.1 Å². The van der Waals surface area contributed by atoms with Gasteiger partial charge in [0.25, 0.3) is 0 Å². The lowest BCUT2D eigenvalue weighted by atomic mass is 10.1. The van der Waals surface area contributed by atoms with Crippen LogP contribution >= 0.6 is 11.3 Å². The Bertz CT molecular complexity index is 635. The van der Waals surface area contributed by atoms with Gasteiger partial charge in [-0.1, -0.05) is 17.4 Å². The van der Waals surface area contributed by atoms with Crippen molar-refractivity contribution in [3.63, 3.8) is 0 Å². The molecule has 0 radical (unpaired) electrons. The van der Waals surface area contributed by atoms with Gasteiger partial charge in [-0.3, -0.25) is 4.98 Å². The molecule has 0 aliphatic rings. The van der Waals surface area contributed by atoms with Gasteiger partial charge in [0, 0.05) is 19.3 Å². The molecule has 2 rings (SSSR count). The fourth-order valence-electron chi connectivity index (χ4n) is 1.67. The van der Waals surface area contributed by atoms with Crippen molar-refractivity contribution in [2.45, 2.75) is 6.92 Å². The van der Waals surface area contributed by atoms with Crippen LogP contribution in [0.5, 0.6) is 0 Å². The maximum Gasteiger partial charge on any atom is 0.330 e. The third-order valence-corrected chi connectivity index (χ3v) is 3.85. The van der Waals surface area contributed by atoms with Crippen LogP contribution in [0.15, 0.2) is 30.5 Å². The van der Waals surface area contributed by atoms with E-state index in [0.29, 0.717) is 0 Å². The van der Waals surface area contributed by atoms with Crippen LogP contribution in [0.4, 0.5) is 5.13 Å². The first-order valence-corrected chi connectivity index (χ1v) is 6.84. The van der Waals surface area contributed by atoms with Gasteiger partial charge in [-0.05, 0) is 24.6 Å². The zero-order chi connectivity index (χ0) is 14.5. The Morgan fingerprint density at radius 1 is 1.45 bits per heavy atom. The minimum atomic E-state index is -0.381. The summed E-state index contributed by atoms with van der Waals surface area (Å²) in [4.78, 5) is 21.1. The molecule has 0 atom stereocenters. The van der Waals surface area contributed by atoms with Crippen molar-refractivity contribution in [2.75, 3.05) is 19.5 Å². The number of anilines is 1. The van der Waals surface area contributed by atoms with Crippen molar-refractivity contribution in [3.05, 3.63) is 35.3 Å². The lowest BCUT2D eigenvalue weighted by molar-refractivity contribution is -0.134. The van der Waals surface area contributed by atoms with E-state index in [1.807, 2.05) is 32.2 Å². The van der Waals surface area contributed by atoms with E-state index in [1.54, 1.807) is 6.20 Å². The Labute approximate surface area is 121 Å². The van der Waals surface area contributed by atoms with Gasteiger partial charge < -0.3 is 10.1 Å². The van der Waals surface area contributed by atoms with Crippen LogP contribution in [0.25, 0.3) is 17.0 Å². The average molecular weight is 289 g/mol. The molecular formula is C14H15N3O2S. The lowest BCUT2D eigenvalue weighted by Crippen LogP contribution is -1.96. The molecule has 2 aromatic heterocycles. The van der Waals surface area contributed by atoms with Crippen LogP contribution in [0.2, 0.25) is 0 Å². The molecule has 6 heteroatoms. The summed E-state index contributed by atoms with van der Waals surface area (Å²) in [7, 11) is 3.17. The number of thiazole rings is 1. The van der Waals surface area contributed by atoms with Crippen LogP contribution in [-0.2, 0) is 9.53 Å². The molecule has 5 nitrogen and oxygen atoms in total. The topological polar surface area (TPSA) is 64.1 Å². The molecule has 0 unspecified atom stereocenters. The van der Waals surface area contributed by atoms with Gasteiger partial charge in [-0.25, -0.2) is 9.78 Å². The minimum Gasteiger partial charge on any atom is -0.466 e. The Kier molecular flexibility index (Phi) is 4.47. The molecule has 1 N–H and O–H groups in total. The standard InChI is InChI=1S/C14H15N3O2S/c1-9(8-11(18)19-3)13-12(17-14(15-2)20-13)10-6-4-5-7-16-10/h4-8H,1-3H3,(H,15,17)/b9-8+. The Morgan fingerprint density at radius 2 is 2.25 bits per heavy atom. The predicted octanol–water partition coefficient (Wildman–Crippen LogP) is 2.82. The molecule has 0 aromatic carbocycles. The highest BCUT2D eigenvalue weighted by Crippen LogP contribution is 2.34. The van der Waals surface area contributed by atoms with E-state index in [-0.39, 0.29) is 5.97 Å². The highest BCUT2D eigenvalue weighted by atomic mass is 32.1. The minimum absolute atomic E-state index is 0.381. The molecule has 0 aliphatic carbocycles. The summed E-state index contributed by atoms with van der Waals surface area (Å²) < 4.78 is 4.66. The van der Waals surface area contributed by atoms with E-state index in [1.165, 1.54) is 24.5 Å². The number of ether oxygens (including phenoxy) is 1. The molecule has 0 spiro atoms. The molecule has 0 saturated heterocycles. The number of carbonyl (C=O) groups is 1. The van der Waals surface area contributed by atoms with E-state index in [9.17, 15) is 4.79 Å². The molecule has 0 bridgehead atoms. The second-order valence-electron chi connectivity index (χ2n) is 4.01. The van der Waals surface area contributed by atoms with Crippen LogP contribution in [0.3, 0.4) is 0 Å². The fourth-order valence-corrected chi connectivity index (χ4v) is 2.57. The van der Waals surface area contributed by atoms with Gasteiger partial charge in [0.1, 0.15) is 5.69 Å². The normalized spacial score (nSPS) is 11.2. The number of methoxy groups -OCH3 is 1. The number of esters is 1. The van der Waals surface area contributed by atoms with Gasteiger partial charge in [-0.15, -0.1) is 0 Å². The lowest BCUT2D eigenvalue weighted by Gasteiger charge is -2.01. The van der Waals surface area contributed by atoms with E-state index < -0.39 is 0 Å². The number of nitrogens with one attached hydrogen (secondary N) is 1. The number of carbonyl (C=O) groups excluding carboxylic acids is 1. The first kappa shape index (κ1) is 14.2. The zero-order valence-electron chi connectivity index (χ0n) is 11.5. The number of pyridine rings is 1. The van der Waals surface area contributed by atoms with E-state index >= 15 is 0 Å². The van der Waals surface area contributed by atoms with Gasteiger partial charge in [0.15, 0.2) is 5.13 Å². The predicted molar refractivity (Wildman–Crippen MR) is 80.6 cm³/mol. The summed E-state index contributed by atoms with van der Waals surface area (Å²) in [6.07, 6.45) is 3.18. The smallest absolute Gasteiger partial charge is 0.330 e. The van der Waals surface area contributed by atoms with Crippen LogP contribution in [0, 0.1) is 0 Å². The molecule has 104 valence electrons. The van der Waals surface area contributed by atoms with Crippen molar-refractivity contribution in [1.82, 2.24) is 9.97 Å². The third kappa shape index (κ3) is 3.03. The fraction of sp³-hybridized carbons (Fsp3) is 0.214. The maximum atomic E-state index is 11.4. The molecule has 0 aliphatic heterocycles. The molecule has 20 heavy (non-hydrogen) atoms. The van der Waals surface area contributed by atoms with Crippen molar-refractivity contribution in [3.8, 4) is 11.4 Å². The SMILES string of the molecule is CNc1nc(-c2ccccn2)c(/C(C)=C/C(=O)OC)s1. The first-order valence-electron chi connectivity index (χ1n) is 6.02. The van der Waals surface area contributed by atoms with E-state index in [4.69, 9.17) is 0 Å². The summed E-state index contributed by atoms with van der Waals surface area (Å²) in [6, 6.07) is 5.65. The number of aromatic nitrogens is 2. The third-order valence-electron chi connectivity index (χ3n) is 2.64. The number of hydrogen-bond acceptors (Lipinski definition) is 6. The van der Waals surface area contributed by atoms with E-state index in [2.05, 4.69) is 20.0 Å². The molecular weight excluding hydrogens is 274 g/mol.